The topological polar surface area (TPSA) is 66.9 Å². The number of ether oxygens (including phenoxy) is 2. The van der Waals surface area contributed by atoms with Gasteiger partial charge in [-0.05, 0) is 61.7 Å². The van der Waals surface area contributed by atoms with E-state index >= 15 is 0 Å². The minimum absolute atomic E-state index is 0.166. The summed E-state index contributed by atoms with van der Waals surface area (Å²) >= 11 is 0. The zero-order chi connectivity index (χ0) is 27.4. The van der Waals surface area contributed by atoms with Crippen LogP contribution in [0.2, 0.25) is 0 Å². The number of pyridine rings is 1. The van der Waals surface area contributed by atoms with Crippen molar-refractivity contribution >= 4 is 17.4 Å². The first-order valence-corrected chi connectivity index (χ1v) is 13.1. The number of likely N-dealkylation sites (tertiary alicyclic amines) is 1. The molecular formula is C29H31F3N4O3. The van der Waals surface area contributed by atoms with Crippen LogP contribution in [0.4, 0.5) is 29.3 Å². The quantitative estimate of drug-likeness (QED) is 0.363. The lowest BCUT2D eigenvalue weighted by Gasteiger charge is -2.22. The number of alkyl halides is 3. The number of nitrogens with zero attached hydrogens (tertiary/aromatic N) is 3. The van der Waals surface area contributed by atoms with E-state index in [4.69, 9.17) is 9.47 Å². The number of carbonyl (C=O) groups is 1. The molecule has 5 rings (SSSR count). The van der Waals surface area contributed by atoms with Crippen molar-refractivity contribution in [1.29, 1.82) is 0 Å². The molecule has 1 N–H and O–H groups in total. The van der Waals surface area contributed by atoms with Crippen LogP contribution in [0.1, 0.15) is 42.1 Å². The second-order valence-corrected chi connectivity index (χ2v) is 9.75. The smallest absolute Gasteiger partial charge is 0.420 e. The number of hydrogen-bond donors (Lipinski definition) is 1. The Hall–Kier alpha value is -3.79. The highest BCUT2D eigenvalue weighted by atomic mass is 19.4. The highest BCUT2D eigenvalue weighted by Gasteiger charge is 2.37. The first-order valence-electron chi connectivity index (χ1n) is 13.1. The summed E-state index contributed by atoms with van der Waals surface area (Å²) in [6.07, 6.45) is 0.432. The van der Waals surface area contributed by atoms with E-state index in [-0.39, 0.29) is 24.1 Å². The number of methoxy groups -OCH3 is 1. The molecule has 2 aliphatic heterocycles. The van der Waals surface area contributed by atoms with Gasteiger partial charge in [-0.25, -0.2) is 9.78 Å². The number of benzene rings is 2. The van der Waals surface area contributed by atoms with Crippen LogP contribution < -0.4 is 19.7 Å². The zero-order valence-corrected chi connectivity index (χ0v) is 21.7. The number of amides is 2. The van der Waals surface area contributed by atoms with Gasteiger partial charge in [0.15, 0.2) is 0 Å². The maximum absolute atomic E-state index is 13.5. The van der Waals surface area contributed by atoms with Crippen LogP contribution in [0.5, 0.6) is 11.6 Å². The molecule has 3 aromatic rings. The van der Waals surface area contributed by atoms with Crippen LogP contribution in [0, 0.1) is 0 Å². The average molecular weight is 541 g/mol. The minimum atomic E-state index is -4.60. The fourth-order valence-corrected chi connectivity index (χ4v) is 5.14. The molecule has 1 atom stereocenters. The van der Waals surface area contributed by atoms with Gasteiger partial charge in [0.25, 0.3) is 0 Å². The Morgan fingerprint density at radius 3 is 2.51 bits per heavy atom. The summed E-state index contributed by atoms with van der Waals surface area (Å²) in [5, 5.41) is 2.74. The maximum Gasteiger partial charge on any atom is 0.420 e. The molecule has 2 aromatic carbocycles. The van der Waals surface area contributed by atoms with Gasteiger partial charge < -0.3 is 19.7 Å². The summed E-state index contributed by atoms with van der Waals surface area (Å²) in [4.78, 5) is 21.1. The van der Waals surface area contributed by atoms with Gasteiger partial charge >= 0.3 is 12.2 Å². The number of rotatable bonds is 8. The Morgan fingerprint density at radius 1 is 1.08 bits per heavy atom. The van der Waals surface area contributed by atoms with Gasteiger partial charge in [-0.15, -0.1) is 0 Å². The fourth-order valence-electron chi connectivity index (χ4n) is 5.14. The molecule has 0 aliphatic carbocycles. The van der Waals surface area contributed by atoms with Crippen molar-refractivity contribution in [1.82, 2.24) is 9.88 Å². The molecule has 1 saturated heterocycles. The average Bonchev–Trinajstić information content (AvgIpc) is 3.61. The monoisotopic (exact) mass is 540 g/mol. The van der Waals surface area contributed by atoms with Gasteiger partial charge in [0.2, 0.25) is 5.88 Å². The van der Waals surface area contributed by atoms with Crippen molar-refractivity contribution < 1.29 is 27.4 Å². The Morgan fingerprint density at radius 2 is 1.85 bits per heavy atom. The molecule has 1 aromatic heterocycles. The van der Waals surface area contributed by atoms with Gasteiger partial charge in [0, 0.05) is 31.3 Å². The number of aromatic nitrogens is 1. The van der Waals surface area contributed by atoms with Crippen LogP contribution in [0.25, 0.3) is 0 Å². The normalized spacial score (nSPS) is 16.2. The number of anilines is 2. The van der Waals surface area contributed by atoms with E-state index in [9.17, 15) is 18.0 Å². The number of carbonyl (C=O) groups excluding carboxylic acids is 1. The van der Waals surface area contributed by atoms with E-state index in [0.717, 1.165) is 37.7 Å². The summed E-state index contributed by atoms with van der Waals surface area (Å²) in [5.74, 6) is 0.175. The highest BCUT2D eigenvalue weighted by molar-refractivity contribution is 6.03. The molecule has 206 valence electrons. The molecule has 2 amide bonds. The molecular weight excluding hydrogens is 509 g/mol. The largest absolute Gasteiger partial charge is 0.496 e. The van der Waals surface area contributed by atoms with Crippen molar-refractivity contribution in [2.45, 2.75) is 38.0 Å². The zero-order valence-electron chi connectivity index (χ0n) is 21.7. The lowest BCUT2D eigenvalue weighted by Crippen LogP contribution is -2.33. The Kier molecular flexibility index (Phi) is 7.92. The molecule has 39 heavy (non-hydrogen) atoms. The number of fused-ring (bicyclic) bond motifs is 1. The lowest BCUT2D eigenvalue weighted by molar-refractivity contribution is -0.138. The Labute approximate surface area is 225 Å². The predicted octanol–water partition coefficient (Wildman–Crippen LogP) is 6.31. The maximum atomic E-state index is 13.5. The third kappa shape index (κ3) is 6.27. The lowest BCUT2D eigenvalue weighted by atomic mass is 10.1. The van der Waals surface area contributed by atoms with Gasteiger partial charge in [-0.3, -0.25) is 4.90 Å². The first kappa shape index (κ1) is 26.8. The summed E-state index contributed by atoms with van der Waals surface area (Å²) in [5.41, 5.74) is 1.41. The van der Waals surface area contributed by atoms with Gasteiger partial charge in [0.1, 0.15) is 11.9 Å². The van der Waals surface area contributed by atoms with Gasteiger partial charge in [0.05, 0.1) is 24.6 Å². The molecule has 1 fully saturated rings. The number of urea groups is 1. The molecule has 2 aliphatic rings. The SMILES string of the molecule is COc1cc2c(cc1C(F)(F)F)N(C(=O)Nc1ccc(OC(CCN3CCCC3)c3ccccc3)nc1)CC2. The second kappa shape index (κ2) is 11.5. The summed E-state index contributed by atoms with van der Waals surface area (Å²) in [6, 6.07) is 15.2. The van der Waals surface area contributed by atoms with Crippen molar-refractivity contribution in [3.8, 4) is 11.6 Å². The summed E-state index contributed by atoms with van der Waals surface area (Å²) in [6.45, 7) is 3.42. The van der Waals surface area contributed by atoms with Crippen LogP contribution in [-0.2, 0) is 12.6 Å². The molecule has 1 unspecified atom stereocenters. The molecule has 0 radical (unpaired) electrons. The number of hydrogen-bond acceptors (Lipinski definition) is 5. The Balaban J connectivity index is 1.25. The van der Waals surface area contributed by atoms with Gasteiger partial charge in [-0.2, -0.15) is 13.2 Å². The third-order valence-corrected chi connectivity index (χ3v) is 7.18. The number of halogens is 3. The van der Waals surface area contributed by atoms with E-state index in [2.05, 4.69) is 15.2 Å². The molecule has 10 heteroatoms. The molecule has 7 nitrogen and oxygen atoms in total. The fraction of sp³-hybridized carbons (Fsp3) is 0.379. The molecule has 3 heterocycles. The van der Waals surface area contributed by atoms with Crippen molar-refractivity contribution in [3.63, 3.8) is 0 Å². The molecule has 0 bridgehead atoms. The Bertz CT molecular complexity index is 1280. The van der Waals surface area contributed by atoms with E-state index in [1.807, 2.05) is 30.3 Å². The summed E-state index contributed by atoms with van der Waals surface area (Å²) in [7, 11) is 1.20. The van der Waals surface area contributed by atoms with Crippen molar-refractivity contribution in [2.75, 3.05) is 43.5 Å². The van der Waals surface area contributed by atoms with Crippen LogP contribution in [0.3, 0.4) is 0 Å². The standard InChI is InChI=1S/C29H31F3N4O3/c1-38-26-17-21-11-16-36(24(21)18-23(26)29(30,31)32)28(37)34-22-9-10-27(33-19-22)39-25(20-7-3-2-4-8-20)12-15-35-13-5-6-14-35/h2-4,7-10,17-19,25H,5-6,11-16H2,1H3,(H,34,37). The van der Waals surface area contributed by atoms with Crippen molar-refractivity contribution in [3.05, 3.63) is 77.5 Å². The number of nitrogens with one attached hydrogen (secondary N) is 1. The molecule has 0 spiro atoms. The van der Waals surface area contributed by atoms with Crippen molar-refractivity contribution in [2.24, 2.45) is 0 Å². The second-order valence-electron chi connectivity index (χ2n) is 9.75. The van der Waals surface area contributed by atoms with Crippen LogP contribution in [0.15, 0.2) is 60.8 Å². The van der Waals surface area contributed by atoms with Crippen LogP contribution in [-0.4, -0.2) is 49.2 Å². The highest BCUT2D eigenvalue weighted by Crippen LogP contribution is 2.42. The van der Waals surface area contributed by atoms with Crippen LogP contribution >= 0.6 is 0 Å². The summed E-state index contributed by atoms with van der Waals surface area (Å²) < 4.78 is 51.8. The first-order chi connectivity index (χ1) is 18.8. The predicted molar refractivity (Wildman–Crippen MR) is 142 cm³/mol. The molecule has 0 saturated carbocycles. The van der Waals surface area contributed by atoms with E-state index in [1.165, 1.54) is 37.1 Å². The third-order valence-electron chi connectivity index (χ3n) is 7.18. The van der Waals surface area contributed by atoms with E-state index in [0.29, 0.717) is 23.6 Å². The van der Waals surface area contributed by atoms with E-state index in [1.54, 1.807) is 12.1 Å². The van der Waals surface area contributed by atoms with E-state index < -0.39 is 17.8 Å². The minimum Gasteiger partial charge on any atom is -0.496 e. The van der Waals surface area contributed by atoms with Gasteiger partial charge in [-0.1, -0.05) is 30.3 Å².